The van der Waals surface area contributed by atoms with Gasteiger partial charge in [0.25, 0.3) is 0 Å². The maximum atomic E-state index is 13.5. The van der Waals surface area contributed by atoms with E-state index in [1.165, 1.54) is 30.3 Å². The second kappa shape index (κ2) is 9.64. The standard InChI is InChI=1S/C20H14BrF3N4O4S2/c1-34(31,32)11-6-4-5-10(9-11)17-27-28-18(33-17)16(14(21)15(25)19(29)30)26-13-8-3-2-7-12(13)20(22,23)24/h2-9,25-26H,1H3,(H,29,30)/b16-14+,25-15?. The van der Waals surface area contributed by atoms with Crippen molar-refractivity contribution in [3.8, 4) is 10.6 Å². The molecule has 3 aromatic rings. The van der Waals surface area contributed by atoms with E-state index in [1.54, 1.807) is 6.07 Å². The predicted molar refractivity (Wildman–Crippen MR) is 125 cm³/mol. The van der Waals surface area contributed by atoms with E-state index in [2.05, 4.69) is 31.4 Å². The first kappa shape index (κ1) is 25.5. The van der Waals surface area contributed by atoms with Crippen LogP contribution in [0.2, 0.25) is 0 Å². The van der Waals surface area contributed by atoms with Crippen molar-refractivity contribution >= 4 is 60.2 Å². The van der Waals surface area contributed by atoms with E-state index in [-0.39, 0.29) is 25.1 Å². The molecule has 2 aromatic carbocycles. The van der Waals surface area contributed by atoms with Crippen molar-refractivity contribution in [3.63, 3.8) is 0 Å². The molecule has 1 aromatic heterocycles. The van der Waals surface area contributed by atoms with Gasteiger partial charge in [0.2, 0.25) is 0 Å². The van der Waals surface area contributed by atoms with Crippen molar-refractivity contribution in [2.24, 2.45) is 0 Å². The fourth-order valence-corrected chi connectivity index (χ4v) is 4.80. The number of aromatic nitrogens is 2. The maximum absolute atomic E-state index is 13.5. The molecule has 0 bridgehead atoms. The lowest BCUT2D eigenvalue weighted by atomic mass is 10.1. The van der Waals surface area contributed by atoms with Crippen molar-refractivity contribution in [1.82, 2.24) is 10.2 Å². The van der Waals surface area contributed by atoms with Gasteiger partial charge in [0.15, 0.2) is 20.6 Å². The van der Waals surface area contributed by atoms with Gasteiger partial charge in [0.1, 0.15) is 5.01 Å². The van der Waals surface area contributed by atoms with Crippen LogP contribution in [0.15, 0.2) is 57.9 Å². The summed E-state index contributed by atoms with van der Waals surface area (Å²) >= 11 is 3.84. The quantitative estimate of drug-likeness (QED) is 0.341. The highest BCUT2D eigenvalue weighted by atomic mass is 79.9. The van der Waals surface area contributed by atoms with Crippen molar-refractivity contribution in [2.45, 2.75) is 11.1 Å². The maximum Gasteiger partial charge on any atom is 0.418 e. The number of hydrogen-bond donors (Lipinski definition) is 3. The molecule has 1 heterocycles. The van der Waals surface area contributed by atoms with Gasteiger partial charge in [-0.05, 0) is 40.2 Å². The number of benzene rings is 2. The molecule has 0 amide bonds. The molecule has 0 saturated heterocycles. The van der Waals surface area contributed by atoms with Crippen LogP contribution >= 0.6 is 27.3 Å². The Morgan fingerprint density at radius 2 is 1.82 bits per heavy atom. The van der Waals surface area contributed by atoms with Gasteiger partial charge >= 0.3 is 12.1 Å². The largest absolute Gasteiger partial charge is 0.476 e. The zero-order chi connectivity index (χ0) is 25.3. The van der Waals surface area contributed by atoms with E-state index < -0.39 is 38.9 Å². The topological polar surface area (TPSA) is 133 Å². The van der Waals surface area contributed by atoms with Gasteiger partial charge in [-0.15, -0.1) is 10.2 Å². The lowest BCUT2D eigenvalue weighted by Gasteiger charge is -2.16. The number of nitrogens with zero attached hydrogens (tertiary/aromatic N) is 2. The van der Waals surface area contributed by atoms with Gasteiger partial charge in [-0.1, -0.05) is 35.6 Å². The molecule has 0 aliphatic carbocycles. The molecule has 178 valence electrons. The Morgan fingerprint density at radius 1 is 1.15 bits per heavy atom. The van der Waals surface area contributed by atoms with Gasteiger partial charge in [-0.25, -0.2) is 13.2 Å². The van der Waals surface area contributed by atoms with Crippen molar-refractivity contribution in [1.29, 1.82) is 5.41 Å². The molecule has 8 nitrogen and oxygen atoms in total. The van der Waals surface area contributed by atoms with Crippen LogP contribution in [0.1, 0.15) is 10.6 Å². The molecular formula is C20H14BrF3N4O4S2. The minimum Gasteiger partial charge on any atom is -0.476 e. The van der Waals surface area contributed by atoms with Gasteiger partial charge in [-0.3, -0.25) is 5.41 Å². The zero-order valence-corrected chi connectivity index (χ0v) is 20.2. The summed E-state index contributed by atoms with van der Waals surface area (Å²) in [4.78, 5) is 11.4. The average Bonchev–Trinajstić information content (AvgIpc) is 3.25. The third kappa shape index (κ3) is 5.69. The zero-order valence-electron chi connectivity index (χ0n) is 17.0. The molecule has 34 heavy (non-hydrogen) atoms. The van der Waals surface area contributed by atoms with Gasteiger partial charge < -0.3 is 10.4 Å². The first-order chi connectivity index (χ1) is 15.8. The number of alkyl halides is 3. The van der Waals surface area contributed by atoms with Gasteiger partial charge in [0.05, 0.1) is 26.3 Å². The second-order valence-corrected chi connectivity index (χ2v) is 10.5. The van der Waals surface area contributed by atoms with Crippen LogP contribution in [-0.4, -0.2) is 41.7 Å². The Kier molecular flexibility index (Phi) is 7.24. The van der Waals surface area contributed by atoms with Crippen molar-refractivity contribution < 1.29 is 31.5 Å². The highest BCUT2D eigenvalue weighted by Gasteiger charge is 2.34. The van der Waals surface area contributed by atoms with Crippen LogP contribution in [0.4, 0.5) is 18.9 Å². The van der Waals surface area contributed by atoms with E-state index in [4.69, 9.17) is 5.41 Å². The summed E-state index contributed by atoms with van der Waals surface area (Å²) < 4.78 is 63.7. The third-order valence-electron chi connectivity index (χ3n) is 4.29. The normalized spacial score (nSPS) is 12.7. The van der Waals surface area contributed by atoms with Crippen LogP contribution in [0.25, 0.3) is 16.3 Å². The summed E-state index contributed by atoms with van der Waals surface area (Å²) in [5, 5.41) is 27.6. The molecule has 14 heteroatoms. The first-order valence-electron chi connectivity index (χ1n) is 9.08. The summed E-state index contributed by atoms with van der Waals surface area (Å²) in [6, 6.07) is 10.4. The second-order valence-electron chi connectivity index (χ2n) is 6.75. The molecule has 0 saturated carbocycles. The Labute approximate surface area is 203 Å². The summed E-state index contributed by atoms with van der Waals surface area (Å²) in [6.45, 7) is 0. The van der Waals surface area contributed by atoms with Crippen LogP contribution in [0.5, 0.6) is 0 Å². The number of anilines is 1. The lowest BCUT2D eigenvalue weighted by molar-refractivity contribution is -0.137. The van der Waals surface area contributed by atoms with E-state index in [0.29, 0.717) is 5.56 Å². The summed E-state index contributed by atoms with van der Waals surface area (Å²) in [7, 11) is -3.51. The summed E-state index contributed by atoms with van der Waals surface area (Å²) in [5.41, 5.74) is -2.18. The number of carboxylic acid groups (broad SMARTS) is 1. The SMILES string of the molecule is CS(=O)(=O)c1cccc(-c2nnc(/C(Nc3ccccc3C(F)(F)F)=C(\Br)C(=N)C(=O)O)s2)c1. The fraction of sp³-hybridized carbons (Fsp3) is 0.100. The third-order valence-corrected chi connectivity index (χ3v) is 7.19. The average molecular weight is 575 g/mol. The Morgan fingerprint density at radius 3 is 2.44 bits per heavy atom. The number of sulfone groups is 1. The molecule has 3 rings (SSSR count). The number of hydrogen-bond acceptors (Lipinski definition) is 8. The van der Waals surface area contributed by atoms with E-state index in [9.17, 15) is 31.5 Å². The number of aliphatic carboxylic acids is 1. The van der Waals surface area contributed by atoms with E-state index in [0.717, 1.165) is 29.7 Å². The van der Waals surface area contributed by atoms with Gasteiger partial charge in [-0.2, -0.15) is 13.2 Å². The van der Waals surface area contributed by atoms with Crippen LogP contribution in [0.3, 0.4) is 0 Å². The van der Waals surface area contributed by atoms with Crippen LogP contribution in [0, 0.1) is 5.41 Å². The summed E-state index contributed by atoms with van der Waals surface area (Å²) in [5.74, 6) is -1.62. The molecule has 0 radical (unpaired) electrons. The molecule has 0 aliphatic rings. The number of nitrogens with one attached hydrogen (secondary N) is 2. The van der Waals surface area contributed by atoms with E-state index >= 15 is 0 Å². The molecule has 0 unspecified atom stereocenters. The van der Waals surface area contributed by atoms with Crippen LogP contribution < -0.4 is 5.32 Å². The minimum atomic E-state index is -4.71. The molecule has 0 aliphatic heterocycles. The van der Waals surface area contributed by atoms with Gasteiger partial charge in [0, 0.05) is 11.8 Å². The molecule has 3 N–H and O–H groups in total. The number of rotatable bonds is 7. The predicted octanol–water partition coefficient (Wildman–Crippen LogP) is 4.91. The number of carbonyl (C=O) groups is 1. The van der Waals surface area contributed by atoms with Crippen molar-refractivity contribution in [3.05, 3.63) is 63.6 Å². The Balaban J connectivity index is 2.13. The fourth-order valence-electron chi connectivity index (χ4n) is 2.70. The first-order valence-corrected chi connectivity index (χ1v) is 12.6. The lowest BCUT2D eigenvalue weighted by Crippen LogP contribution is -2.16. The Hall–Kier alpha value is -3.10. The molecule has 0 atom stereocenters. The smallest absolute Gasteiger partial charge is 0.418 e. The number of para-hydroxylation sites is 1. The van der Waals surface area contributed by atoms with Crippen molar-refractivity contribution in [2.75, 3.05) is 11.6 Å². The molecule has 0 fully saturated rings. The number of carboxylic acids is 1. The summed E-state index contributed by atoms with van der Waals surface area (Å²) in [6.07, 6.45) is -3.67. The molecular weight excluding hydrogens is 561 g/mol. The van der Waals surface area contributed by atoms with E-state index in [1.807, 2.05) is 0 Å². The monoisotopic (exact) mass is 574 g/mol. The Bertz CT molecular complexity index is 1420. The van der Waals surface area contributed by atoms with Crippen LogP contribution in [-0.2, 0) is 20.8 Å². The molecule has 0 spiro atoms. The highest BCUT2D eigenvalue weighted by molar-refractivity contribution is 9.12. The highest BCUT2D eigenvalue weighted by Crippen LogP contribution is 2.38. The number of halogens is 4. The minimum absolute atomic E-state index is 0.0311.